The molecule has 2 atom stereocenters. The van der Waals surface area contributed by atoms with Gasteiger partial charge in [-0.2, -0.15) is 0 Å². The molecule has 1 aromatic rings. The van der Waals surface area contributed by atoms with Gasteiger partial charge in [0.1, 0.15) is 10.4 Å². The lowest BCUT2D eigenvalue weighted by molar-refractivity contribution is -0.148. The maximum absolute atomic E-state index is 12.3. The van der Waals surface area contributed by atoms with Gasteiger partial charge in [-0.3, -0.25) is 9.59 Å². The summed E-state index contributed by atoms with van der Waals surface area (Å²) in [5.41, 5.74) is -0.867. The Bertz CT molecular complexity index is 687. The topological polar surface area (TPSA) is 86.6 Å². The fourth-order valence-electron chi connectivity index (χ4n) is 3.86. The first-order valence-electron chi connectivity index (χ1n) is 8.51. The summed E-state index contributed by atoms with van der Waals surface area (Å²) in [6, 6.07) is 0. The zero-order valence-corrected chi connectivity index (χ0v) is 14.8. The van der Waals surface area contributed by atoms with Crippen molar-refractivity contribution in [2.75, 3.05) is 31.1 Å². The normalized spacial score (nSPS) is 29.4. The number of carbonyl (C=O) groups is 2. The summed E-state index contributed by atoms with van der Waals surface area (Å²) in [6.45, 7) is 6.07. The van der Waals surface area contributed by atoms with Crippen LogP contribution in [0.4, 0.5) is 5.13 Å². The second-order valence-corrected chi connectivity index (χ2v) is 8.60. The van der Waals surface area contributed by atoms with Crippen molar-refractivity contribution in [3.8, 4) is 0 Å². The number of carboxylic acid groups (broad SMARTS) is 1. The highest BCUT2D eigenvalue weighted by atomic mass is 32.1. The predicted molar refractivity (Wildman–Crippen MR) is 89.1 cm³/mol. The number of fused-ring (bicyclic) bond motifs is 1. The summed E-state index contributed by atoms with van der Waals surface area (Å²) in [5.74, 6) is -0.227. The zero-order valence-electron chi connectivity index (χ0n) is 13.9. The van der Waals surface area contributed by atoms with Gasteiger partial charge in [0.2, 0.25) is 11.0 Å². The van der Waals surface area contributed by atoms with E-state index in [4.69, 9.17) is 0 Å². The Hall–Kier alpha value is -1.70. The second-order valence-electron chi connectivity index (χ2n) is 7.61. The van der Waals surface area contributed by atoms with Crippen LogP contribution in [0.1, 0.15) is 37.6 Å². The lowest BCUT2D eigenvalue weighted by Gasteiger charge is -2.25. The van der Waals surface area contributed by atoms with E-state index in [1.54, 1.807) is 4.90 Å². The number of anilines is 1. The summed E-state index contributed by atoms with van der Waals surface area (Å²) in [7, 11) is 0. The highest BCUT2D eigenvalue weighted by molar-refractivity contribution is 7.15. The van der Waals surface area contributed by atoms with Crippen LogP contribution in [0.15, 0.2) is 0 Å². The Morgan fingerprint density at radius 2 is 2.00 bits per heavy atom. The van der Waals surface area contributed by atoms with E-state index in [-0.39, 0.29) is 17.7 Å². The molecule has 1 aromatic heterocycles. The number of aromatic nitrogens is 2. The van der Waals surface area contributed by atoms with Crippen molar-refractivity contribution >= 4 is 28.3 Å². The van der Waals surface area contributed by atoms with Crippen molar-refractivity contribution in [3.63, 3.8) is 0 Å². The van der Waals surface area contributed by atoms with Crippen molar-refractivity contribution < 1.29 is 14.7 Å². The molecule has 130 valence electrons. The van der Waals surface area contributed by atoms with Gasteiger partial charge in [0.15, 0.2) is 0 Å². The molecule has 0 radical (unpaired) electrons. The molecule has 2 aliphatic heterocycles. The number of carbonyl (C=O) groups excluding carboxylic acids is 1. The van der Waals surface area contributed by atoms with Gasteiger partial charge in [-0.25, -0.2) is 0 Å². The van der Waals surface area contributed by atoms with Crippen molar-refractivity contribution in [3.05, 3.63) is 5.01 Å². The van der Waals surface area contributed by atoms with E-state index in [1.807, 2.05) is 4.90 Å². The van der Waals surface area contributed by atoms with E-state index in [9.17, 15) is 14.7 Å². The monoisotopic (exact) mass is 350 g/mol. The number of aliphatic carboxylic acids is 1. The predicted octanol–water partition coefficient (Wildman–Crippen LogP) is 1.42. The van der Waals surface area contributed by atoms with Crippen LogP contribution in [0.5, 0.6) is 0 Å². The standard InChI is InChI=1S/C16H22N4O3S/c1-9(2)12-17-18-15(24-12)20-6-11-5-19(13(21)10-3-4-10)7-16(11,8-20)14(22)23/h9-11H,3-8H2,1-2H3,(H,22,23)/t11?,16-/m0/s1. The van der Waals surface area contributed by atoms with Crippen molar-refractivity contribution in [1.82, 2.24) is 15.1 Å². The van der Waals surface area contributed by atoms with E-state index in [0.717, 1.165) is 23.0 Å². The molecule has 4 rings (SSSR count). The maximum Gasteiger partial charge on any atom is 0.313 e. The molecular weight excluding hydrogens is 328 g/mol. The Balaban J connectivity index is 1.54. The van der Waals surface area contributed by atoms with Gasteiger partial charge in [0.25, 0.3) is 0 Å². The van der Waals surface area contributed by atoms with E-state index in [0.29, 0.717) is 32.1 Å². The van der Waals surface area contributed by atoms with Crippen LogP contribution in [0.25, 0.3) is 0 Å². The molecule has 2 saturated heterocycles. The van der Waals surface area contributed by atoms with Crippen LogP contribution in [-0.2, 0) is 9.59 Å². The van der Waals surface area contributed by atoms with E-state index < -0.39 is 11.4 Å². The average molecular weight is 350 g/mol. The van der Waals surface area contributed by atoms with Crippen LogP contribution < -0.4 is 4.90 Å². The molecule has 1 unspecified atom stereocenters. The fourth-order valence-corrected chi connectivity index (χ4v) is 4.71. The summed E-state index contributed by atoms with van der Waals surface area (Å²) in [5, 5.41) is 20.1. The summed E-state index contributed by atoms with van der Waals surface area (Å²) in [4.78, 5) is 28.2. The molecule has 3 heterocycles. The third-order valence-electron chi connectivity index (χ3n) is 5.47. The number of likely N-dealkylation sites (tertiary alicyclic amines) is 1. The SMILES string of the molecule is CC(C)c1nnc(N2CC3CN(C(=O)C4CC4)C[C@]3(C(=O)O)C2)s1. The van der Waals surface area contributed by atoms with Crippen LogP contribution in [0, 0.1) is 17.3 Å². The third-order valence-corrected chi connectivity index (χ3v) is 6.75. The molecule has 1 amide bonds. The maximum atomic E-state index is 12.3. The number of rotatable bonds is 4. The largest absolute Gasteiger partial charge is 0.481 e. The smallest absolute Gasteiger partial charge is 0.313 e. The summed E-state index contributed by atoms with van der Waals surface area (Å²) < 4.78 is 0. The molecule has 0 bridgehead atoms. The molecule has 1 saturated carbocycles. The molecule has 1 aliphatic carbocycles. The average Bonchev–Trinajstić information content (AvgIpc) is 2.97. The van der Waals surface area contributed by atoms with Crippen molar-refractivity contribution in [2.24, 2.45) is 17.3 Å². The quantitative estimate of drug-likeness (QED) is 0.884. The Kier molecular flexibility index (Phi) is 3.56. The van der Waals surface area contributed by atoms with Crippen molar-refractivity contribution in [1.29, 1.82) is 0 Å². The minimum absolute atomic E-state index is 0.0379. The van der Waals surface area contributed by atoms with Crippen LogP contribution in [-0.4, -0.2) is 58.3 Å². The fraction of sp³-hybridized carbons (Fsp3) is 0.750. The van der Waals surface area contributed by atoms with Crippen molar-refractivity contribution in [2.45, 2.75) is 32.6 Å². The first-order chi connectivity index (χ1) is 11.4. The van der Waals surface area contributed by atoms with Gasteiger partial charge in [0.05, 0.1) is 0 Å². The van der Waals surface area contributed by atoms with Crippen LogP contribution in [0.3, 0.4) is 0 Å². The zero-order chi connectivity index (χ0) is 17.1. The highest BCUT2D eigenvalue weighted by Gasteiger charge is 2.59. The molecule has 8 heteroatoms. The minimum atomic E-state index is -0.867. The highest BCUT2D eigenvalue weighted by Crippen LogP contribution is 2.46. The first kappa shape index (κ1) is 15.8. The van der Waals surface area contributed by atoms with Crippen LogP contribution in [0.2, 0.25) is 0 Å². The number of hydrogen-bond acceptors (Lipinski definition) is 6. The number of hydrogen-bond donors (Lipinski definition) is 1. The van der Waals surface area contributed by atoms with Gasteiger partial charge in [-0.05, 0) is 12.8 Å². The Morgan fingerprint density at radius 1 is 1.25 bits per heavy atom. The Labute approximate surface area is 144 Å². The molecule has 3 fully saturated rings. The molecule has 7 nitrogen and oxygen atoms in total. The van der Waals surface area contributed by atoms with Gasteiger partial charge >= 0.3 is 5.97 Å². The van der Waals surface area contributed by atoms with Gasteiger partial charge in [0, 0.05) is 43.9 Å². The number of carboxylic acids is 1. The molecular formula is C16H22N4O3S. The molecule has 3 aliphatic rings. The number of amides is 1. The Morgan fingerprint density at radius 3 is 2.54 bits per heavy atom. The minimum Gasteiger partial charge on any atom is -0.481 e. The summed E-state index contributed by atoms with van der Waals surface area (Å²) >= 11 is 1.54. The van der Waals surface area contributed by atoms with E-state index in [2.05, 4.69) is 24.0 Å². The molecule has 1 N–H and O–H groups in total. The lowest BCUT2D eigenvalue weighted by Crippen LogP contribution is -2.42. The van der Waals surface area contributed by atoms with Gasteiger partial charge < -0.3 is 14.9 Å². The lowest BCUT2D eigenvalue weighted by atomic mass is 9.81. The summed E-state index contributed by atoms with van der Waals surface area (Å²) in [6.07, 6.45) is 1.91. The first-order valence-corrected chi connectivity index (χ1v) is 9.33. The van der Waals surface area contributed by atoms with E-state index >= 15 is 0 Å². The van der Waals surface area contributed by atoms with E-state index in [1.165, 1.54) is 11.3 Å². The molecule has 0 aromatic carbocycles. The molecule has 0 spiro atoms. The number of nitrogens with zero attached hydrogens (tertiary/aromatic N) is 4. The molecule has 24 heavy (non-hydrogen) atoms. The van der Waals surface area contributed by atoms with Gasteiger partial charge in [-0.1, -0.05) is 25.2 Å². The second kappa shape index (κ2) is 5.40. The van der Waals surface area contributed by atoms with Gasteiger partial charge in [-0.15, -0.1) is 10.2 Å². The van der Waals surface area contributed by atoms with Crippen LogP contribution >= 0.6 is 11.3 Å². The third kappa shape index (κ3) is 2.39.